The van der Waals surface area contributed by atoms with Gasteiger partial charge in [0, 0.05) is 12.6 Å². The second kappa shape index (κ2) is 6.75. The Morgan fingerprint density at radius 3 is 2.60 bits per heavy atom. The summed E-state index contributed by atoms with van der Waals surface area (Å²) in [5.41, 5.74) is 1.08. The summed E-state index contributed by atoms with van der Waals surface area (Å²) < 4.78 is 5.11. The van der Waals surface area contributed by atoms with Crippen LogP contribution in [0.5, 0.6) is 5.75 Å². The zero-order valence-electron chi connectivity index (χ0n) is 12.6. The number of likely N-dealkylation sites (N-methyl/N-ethyl adjacent to an activating group) is 1. The van der Waals surface area contributed by atoms with Crippen molar-refractivity contribution in [2.75, 3.05) is 20.7 Å². The van der Waals surface area contributed by atoms with Gasteiger partial charge in [-0.25, -0.2) is 0 Å². The topological polar surface area (TPSA) is 41.6 Å². The maximum atomic E-state index is 11.9. The monoisotopic (exact) mass is 276 g/mol. The minimum absolute atomic E-state index is 0.0795. The number of methoxy groups -OCH3 is 1. The van der Waals surface area contributed by atoms with Gasteiger partial charge < -0.3 is 10.1 Å². The van der Waals surface area contributed by atoms with E-state index in [2.05, 4.69) is 17.1 Å². The van der Waals surface area contributed by atoms with Crippen molar-refractivity contribution in [2.45, 2.75) is 32.4 Å². The van der Waals surface area contributed by atoms with Gasteiger partial charge in [-0.05, 0) is 50.4 Å². The van der Waals surface area contributed by atoms with E-state index in [-0.39, 0.29) is 5.91 Å². The van der Waals surface area contributed by atoms with Crippen LogP contribution in [0.3, 0.4) is 0 Å². The molecular formula is C16H24N2O2. The van der Waals surface area contributed by atoms with Crippen LogP contribution in [0.25, 0.3) is 0 Å². The molecule has 0 bridgehead atoms. The lowest BCUT2D eigenvalue weighted by Gasteiger charge is -2.23. The van der Waals surface area contributed by atoms with Crippen LogP contribution < -0.4 is 10.1 Å². The summed E-state index contributed by atoms with van der Waals surface area (Å²) in [6.45, 7) is 3.23. The van der Waals surface area contributed by atoms with E-state index in [0.29, 0.717) is 19.1 Å². The van der Waals surface area contributed by atoms with Crippen molar-refractivity contribution in [3.8, 4) is 5.75 Å². The van der Waals surface area contributed by atoms with Crippen LogP contribution in [0.1, 0.15) is 25.3 Å². The number of amides is 1. The predicted octanol–water partition coefficient (Wildman–Crippen LogP) is 2.04. The van der Waals surface area contributed by atoms with Crippen LogP contribution in [0.2, 0.25) is 0 Å². The first-order chi connectivity index (χ1) is 9.60. The van der Waals surface area contributed by atoms with Crippen LogP contribution in [-0.4, -0.2) is 37.6 Å². The molecule has 0 spiro atoms. The molecule has 1 atom stereocenters. The van der Waals surface area contributed by atoms with Gasteiger partial charge in [-0.1, -0.05) is 12.1 Å². The number of nitrogens with one attached hydrogen (secondary N) is 1. The molecule has 2 rings (SSSR count). The summed E-state index contributed by atoms with van der Waals surface area (Å²) in [5.74, 6) is 1.70. The second-order valence-corrected chi connectivity index (χ2v) is 5.62. The lowest BCUT2D eigenvalue weighted by molar-refractivity contribution is -0.122. The molecule has 0 heterocycles. The molecule has 1 fully saturated rings. The number of hydrogen-bond donors (Lipinski definition) is 1. The maximum absolute atomic E-state index is 11.9. The van der Waals surface area contributed by atoms with Gasteiger partial charge in [0.1, 0.15) is 5.75 Å². The van der Waals surface area contributed by atoms with Gasteiger partial charge in [0.2, 0.25) is 5.91 Å². The summed E-state index contributed by atoms with van der Waals surface area (Å²) in [4.78, 5) is 14.1. The Kier molecular flexibility index (Phi) is 5.01. The zero-order chi connectivity index (χ0) is 14.5. The molecule has 0 aliphatic heterocycles. The Hall–Kier alpha value is -1.55. The van der Waals surface area contributed by atoms with Gasteiger partial charge in [-0.3, -0.25) is 9.69 Å². The van der Waals surface area contributed by atoms with Crippen LogP contribution in [0.15, 0.2) is 24.3 Å². The first kappa shape index (κ1) is 14.9. The van der Waals surface area contributed by atoms with Gasteiger partial charge in [0.25, 0.3) is 0 Å². The summed E-state index contributed by atoms with van der Waals surface area (Å²) in [7, 11) is 3.67. The van der Waals surface area contributed by atoms with Gasteiger partial charge >= 0.3 is 0 Å². The van der Waals surface area contributed by atoms with Crippen LogP contribution >= 0.6 is 0 Å². The van der Waals surface area contributed by atoms with Crippen molar-refractivity contribution in [1.29, 1.82) is 0 Å². The number of carbonyl (C=O) groups excluding carboxylic acids is 1. The number of nitrogens with zero attached hydrogens (tertiary/aromatic N) is 1. The first-order valence-corrected chi connectivity index (χ1v) is 7.20. The van der Waals surface area contributed by atoms with Gasteiger partial charge in [0.05, 0.1) is 13.7 Å². The fourth-order valence-corrected chi connectivity index (χ4v) is 2.31. The highest BCUT2D eigenvalue weighted by Crippen LogP contribution is 2.34. The highest BCUT2D eigenvalue weighted by atomic mass is 16.5. The average Bonchev–Trinajstić information content (AvgIpc) is 3.29. The molecule has 1 N–H and O–H groups in total. The number of rotatable bonds is 7. The van der Waals surface area contributed by atoms with E-state index in [0.717, 1.165) is 17.2 Å². The molecule has 1 aliphatic rings. The molecule has 1 amide bonds. The van der Waals surface area contributed by atoms with Crippen molar-refractivity contribution in [1.82, 2.24) is 10.2 Å². The van der Waals surface area contributed by atoms with E-state index < -0.39 is 0 Å². The van der Waals surface area contributed by atoms with E-state index in [1.165, 1.54) is 12.8 Å². The normalized spacial score (nSPS) is 16.0. The highest BCUT2D eigenvalue weighted by Gasteiger charge is 2.30. The van der Waals surface area contributed by atoms with E-state index in [1.54, 1.807) is 7.11 Å². The Morgan fingerprint density at radius 2 is 2.05 bits per heavy atom. The molecule has 4 heteroatoms. The Bertz CT molecular complexity index is 440. The molecule has 1 unspecified atom stereocenters. The summed E-state index contributed by atoms with van der Waals surface area (Å²) in [6.07, 6.45) is 2.61. The molecule has 110 valence electrons. The third-order valence-corrected chi connectivity index (χ3v) is 4.04. The summed E-state index contributed by atoms with van der Waals surface area (Å²) in [6, 6.07) is 8.25. The van der Waals surface area contributed by atoms with Crippen LogP contribution in [0.4, 0.5) is 0 Å². The number of carbonyl (C=O) groups is 1. The quantitative estimate of drug-likeness (QED) is 0.828. The molecule has 1 aliphatic carbocycles. The van der Waals surface area contributed by atoms with E-state index >= 15 is 0 Å². The van der Waals surface area contributed by atoms with Gasteiger partial charge in [0.15, 0.2) is 0 Å². The van der Waals surface area contributed by atoms with Crippen molar-refractivity contribution in [3.63, 3.8) is 0 Å². The Labute approximate surface area is 121 Å². The van der Waals surface area contributed by atoms with Crippen molar-refractivity contribution >= 4 is 5.91 Å². The molecule has 20 heavy (non-hydrogen) atoms. The predicted molar refractivity (Wildman–Crippen MR) is 79.7 cm³/mol. The Balaban J connectivity index is 1.73. The lowest BCUT2D eigenvalue weighted by atomic mass is 10.2. The standard InChI is InChI=1S/C16H24N2O2/c1-12(14-6-7-14)18(2)11-16(19)17-10-13-4-8-15(20-3)9-5-13/h4-5,8-9,12,14H,6-7,10-11H2,1-3H3,(H,17,19). The fourth-order valence-electron chi connectivity index (χ4n) is 2.31. The number of ether oxygens (including phenoxy) is 1. The SMILES string of the molecule is COc1ccc(CNC(=O)CN(C)C(C)C2CC2)cc1. The number of hydrogen-bond acceptors (Lipinski definition) is 3. The fraction of sp³-hybridized carbons (Fsp3) is 0.562. The molecule has 0 radical (unpaired) electrons. The maximum Gasteiger partial charge on any atom is 0.234 e. The second-order valence-electron chi connectivity index (χ2n) is 5.62. The van der Waals surface area contributed by atoms with Crippen molar-refractivity contribution < 1.29 is 9.53 Å². The largest absolute Gasteiger partial charge is 0.497 e. The van der Waals surface area contributed by atoms with E-state index in [4.69, 9.17) is 4.74 Å². The molecule has 4 nitrogen and oxygen atoms in total. The summed E-state index contributed by atoms with van der Waals surface area (Å²) in [5, 5.41) is 2.96. The average molecular weight is 276 g/mol. The molecule has 0 saturated heterocycles. The lowest BCUT2D eigenvalue weighted by Crippen LogP contribution is -2.40. The van der Waals surface area contributed by atoms with E-state index in [1.807, 2.05) is 31.3 Å². The van der Waals surface area contributed by atoms with Crippen molar-refractivity contribution in [2.24, 2.45) is 5.92 Å². The van der Waals surface area contributed by atoms with E-state index in [9.17, 15) is 4.79 Å². The first-order valence-electron chi connectivity index (χ1n) is 7.20. The van der Waals surface area contributed by atoms with Crippen LogP contribution in [0, 0.1) is 5.92 Å². The van der Waals surface area contributed by atoms with Gasteiger partial charge in [-0.2, -0.15) is 0 Å². The highest BCUT2D eigenvalue weighted by molar-refractivity contribution is 5.78. The van der Waals surface area contributed by atoms with Gasteiger partial charge in [-0.15, -0.1) is 0 Å². The molecule has 1 aromatic carbocycles. The minimum Gasteiger partial charge on any atom is -0.497 e. The third kappa shape index (κ3) is 4.23. The number of benzene rings is 1. The third-order valence-electron chi connectivity index (χ3n) is 4.04. The van der Waals surface area contributed by atoms with Crippen LogP contribution in [-0.2, 0) is 11.3 Å². The molecule has 1 aromatic rings. The summed E-state index contributed by atoms with van der Waals surface area (Å²) >= 11 is 0. The smallest absolute Gasteiger partial charge is 0.234 e. The molecule has 0 aromatic heterocycles. The molecule has 1 saturated carbocycles. The van der Waals surface area contributed by atoms with Crippen molar-refractivity contribution in [3.05, 3.63) is 29.8 Å². The minimum atomic E-state index is 0.0795. The molecular weight excluding hydrogens is 252 g/mol. The zero-order valence-corrected chi connectivity index (χ0v) is 12.6. The Morgan fingerprint density at radius 1 is 1.40 bits per heavy atom.